The Labute approximate surface area is 122 Å². The summed E-state index contributed by atoms with van der Waals surface area (Å²) in [5, 5.41) is 10.3. The van der Waals surface area contributed by atoms with Crippen LogP contribution >= 0.6 is 0 Å². The highest BCUT2D eigenvalue weighted by molar-refractivity contribution is 5.24. The lowest BCUT2D eigenvalue weighted by atomic mass is 10.0. The molecule has 3 heteroatoms. The molecule has 2 atom stereocenters. The standard InChI is InChI=1S/C17H27NO2/c1-3-14-6-8-16(9-7-14)17(19)12-18(2)11-15-5-4-10-20-13-15/h6-9,15,17,19H,3-5,10-13H2,1-2H3. The SMILES string of the molecule is CCc1ccc(C(O)CN(C)CC2CCCOC2)cc1. The van der Waals surface area contributed by atoms with Gasteiger partial charge in [-0.3, -0.25) is 0 Å². The molecule has 1 N–H and O–H groups in total. The summed E-state index contributed by atoms with van der Waals surface area (Å²) >= 11 is 0. The number of benzene rings is 1. The van der Waals surface area contributed by atoms with E-state index >= 15 is 0 Å². The molecule has 2 unspecified atom stereocenters. The van der Waals surface area contributed by atoms with Crippen LogP contribution in [-0.4, -0.2) is 43.4 Å². The number of nitrogens with zero attached hydrogens (tertiary/aromatic N) is 1. The van der Waals surface area contributed by atoms with Gasteiger partial charge in [-0.05, 0) is 43.4 Å². The maximum absolute atomic E-state index is 10.3. The molecule has 0 saturated carbocycles. The first-order chi connectivity index (χ1) is 9.69. The molecule has 2 rings (SSSR count). The van der Waals surface area contributed by atoms with Crippen LogP contribution in [0.3, 0.4) is 0 Å². The quantitative estimate of drug-likeness (QED) is 0.867. The predicted octanol–water partition coefficient (Wildman–Crippen LogP) is 2.64. The van der Waals surface area contributed by atoms with E-state index in [2.05, 4.69) is 31.0 Å². The van der Waals surface area contributed by atoms with Gasteiger partial charge in [0.25, 0.3) is 0 Å². The molecule has 112 valence electrons. The Morgan fingerprint density at radius 3 is 2.70 bits per heavy atom. The second-order valence-corrected chi connectivity index (χ2v) is 5.92. The Hall–Kier alpha value is -0.900. The molecular formula is C17H27NO2. The van der Waals surface area contributed by atoms with E-state index in [1.807, 2.05) is 12.1 Å². The number of aliphatic hydroxyl groups is 1. The van der Waals surface area contributed by atoms with E-state index in [9.17, 15) is 5.11 Å². The van der Waals surface area contributed by atoms with Gasteiger partial charge in [0, 0.05) is 19.7 Å². The van der Waals surface area contributed by atoms with Crippen molar-refractivity contribution < 1.29 is 9.84 Å². The number of ether oxygens (including phenoxy) is 1. The first kappa shape index (κ1) is 15.5. The Bertz CT molecular complexity index is 384. The fourth-order valence-electron chi connectivity index (χ4n) is 2.84. The molecule has 1 aromatic carbocycles. The summed E-state index contributed by atoms with van der Waals surface area (Å²) in [5.41, 5.74) is 2.32. The molecule has 0 radical (unpaired) electrons. The van der Waals surface area contributed by atoms with Crippen LogP contribution < -0.4 is 0 Å². The fraction of sp³-hybridized carbons (Fsp3) is 0.647. The van der Waals surface area contributed by atoms with Gasteiger partial charge < -0.3 is 14.7 Å². The Kier molecular flexibility index (Phi) is 6.02. The van der Waals surface area contributed by atoms with Gasteiger partial charge in [0.05, 0.1) is 12.7 Å². The maximum atomic E-state index is 10.3. The average molecular weight is 277 g/mol. The zero-order valence-corrected chi connectivity index (χ0v) is 12.7. The normalized spacial score (nSPS) is 21.1. The molecule has 1 aromatic rings. The molecule has 1 saturated heterocycles. The van der Waals surface area contributed by atoms with Crippen LogP contribution in [0.15, 0.2) is 24.3 Å². The van der Waals surface area contributed by atoms with Crippen LogP contribution in [0.4, 0.5) is 0 Å². The van der Waals surface area contributed by atoms with Crippen molar-refractivity contribution in [3.05, 3.63) is 35.4 Å². The van der Waals surface area contributed by atoms with Gasteiger partial charge in [-0.25, -0.2) is 0 Å². The number of aryl methyl sites for hydroxylation is 1. The summed E-state index contributed by atoms with van der Waals surface area (Å²) < 4.78 is 5.51. The van der Waals surface area contributed by atoms with Crippen molar-refractivity contribution in [1.29, 1.82) is 0 Å². The molecule has 1 aliphatic heterocycles. The summed E-state index contributed by atoms with van der Waals surface area (Å²) in [6.07, 6.45) is 3.04. The summed E-state index contributed by atoms with van der Waals surface area (Å²) in [6.45, 7) is 5.61. The second kappa shape index (κ2) is 7.77. The summed E-state index contributed by atoms with van der Waals surface area (Å²) in [5.74, 6) is 0.614. The highest BCUT2D eigenvalue weighted by atomic mass is 16.5. The number of hydrogen-bond donors (Lipinski definition) is 1. The molecule has 0 spiro atoms. The van der Waals surface area contributed by atoms with Crippen LogP contribution in [0.1, 0.15) is 37.0 Å². The third-order valence-electron chi connectivity index (χ3n) is 4.08. The van der Waals surface area contributed by atoms with Gasteiger partial charge in [-0.15, -0.1) is 0 Å². The van der Waals surface area contributed by atoms with E-state index in [1.165, 1.54) is 18.4 Å². The third-order valence-corrected chi connectivity index (χ3v) is 4.08. The van der Waals surface area contributed by atoms with Crippen LogP contribution in [0.5, 0.6) is 0 Å². The second-order valence-electron chi connectivity index (χ2n) is 5.92. The van der Waals surface area contributed by atoms with Gasteiger partial charge in [0.1, 0.15) is 0 Å². The number of likely N-dealkylation sites (N-methyl/N-ethyl adjacent to an activating group) is 1. The Balaban J connectivity index is 1.81. The highest BCUT2D eigenvalue weighted by Gasteiger charge is 2.18. The fourth-order valence-corrected chi connectivity index (χ4v) is 2.84. The van der Waals surface area contributed by atoms with Gasteiger partial charge in [-0.2, -0.15) is 0 Å². The minimum atomic E-state index is -0.407. The molecule has 0 aliphatic carbocycles. The summed E-state index contributed by atoms with van der Waals surface area (Å²) in [7, 11) is 2.08. The molecule has 1 aliphatic rings. The number of aliphatic hydroxyl groups excluding tert-OH is 1. The van der Waals surface area contributed by atoms with Gasteiger partial charge >= 0.3 is 0 Å². The lowest BCUT2D eigenvalue weighted by Gasteiger charge is -2.28. The van der Waals surface area contributed by atoms with Gasteiger partial charge in [0.2, 0.25) is 0 Å². The third kappa shape index (κ3) is 4.58. The predicted molar refractivity (Wildman–Crippen MR) is 81.8 cm³/mol. The van der Waals surface area contributed by atoms with E-state index in [4.69, 9.17) is 4.74 Å². The molecule has 20 heavy (non-hydrogen) atoms. The Morgan fingerprint density at radius 2 is 2.10 bits per heavy atom. The van der Waals surface area contributed by atoms with E-state index < -0.39 is 6.10 Å². The highest BCUT2D eigenvalue weighted by Crippen LogP contribution is 2.18. The monoisotopic (exact) mass is 277 g/mol. The molecule has 0 aromatic heterocycles. The summed E-state index contributed by atoms with van der Waals surface area (Å²) in [6, 6.07) is 8.29. The molecule has 0 bridgehead atoms. The van der Waals surface area contributed by atoms with Crippen LogP contribution in [0.25, 0.3) is 0 Å². The van der Waals surface area contributed by atoms with Crippen LogP contribution in [0.2, 0.25) is 0 Å². The smallest absolute Gasteiger partial charge is 0.0916 e. The van der Waals surface area contributed by atoms with Crippen molar-refractivity contribution in [2.24, 2.45) is 5.92 Å². The van der Waals surface area contributed by atoms with E-state index in [0.29, 0.717) is 12.5 Å². The van der Waals surface area contributed by atoms with Gasteiger partial charge in [-0.1, -0.05) is 31.2 Å². The molecular weight excluding hydrogens is 250 g/mol. The molecule has 0 amide bonds. The zero-order valence-electron chi connectivity index (χ0n) is 12.7. The van der Waals surface area contributed by atoms with Crippen LogP contribution in [0, 0.1) is 5.92 Å². The largest absolute Gasteiger partial charge is 0.387 e. The maximum Gasteiger partial charge on any atom is 0.0916 e. The van der Waals surface area contributed by atoms with Crippen molar-refractivity contribution in [2.75, 3.05) is 33.4 Å². The topological polar surface area (TPSA) is 32.7 Å². The first-order valence-corrected chi connectivity index (χ1v) is 7.72. The van der Waals surface area contributed by atoms with Crippen molar-refractivity contribution in [3.63, 3.8) is 0 Å². The van der Waals surface area contributed by atoms with Crippen molar-refractivity contribution in [1.82, 2.24) is 4.90 Å². The minimum Gasteiger partial charge on any atom is -0.387 e. The zero-order chi connectivity index (χ0) is 14.4. The number of hydrogen-bond acceptors (Lipinski definition) is 3. The van der Waals surface area contributed by atoms with Gasteiger partial charge in [0.15, 0.2) is 0 Å². The lowest BCUT2D eigenvalue weighted by Crippen LogP contribution is -2.33. The number of rotatable bonds is 6. The molecule has 1 heterocycles. The summed E-state index contributed by atoms with van der Waals surface area (Å²) in [4.78, 5) is 2.22. The Morgan fingerprint density at radius 1 is 1.35 bits per heavy atom. The lowest BCUT2D eigenvalue weighted by molar-refractivity contribution is 0.0342. The van der Waals surface area contributed by atoms with Crippen molar-refractivity contribution in [2.45, 2.75) is 32.3 Å². The first-order valence-electron chi connectivity index (χ1n) is 7.72. The van der Waals surface area contributed by atoms with E-state index in [1.54, 1.807) is 0 Å². The van der Waals surface area contributed by atoms with Crippen LogP contribution in [-0.2, 0) is 11.2 Å². The molecule has 3 nitrogen and oxygen atoms in total. The van der Waals surface area contributed by atoms with Crippen molar-refractivity contribution in [3.8, 4) is 0 Å². The van der Waals surface area contributed by atoms with E-state index in [0.717, 1.165) is 31.7 Å². The average Bonchev–Trinajstić information content (AvgIpc) is 2.48. The van der Waals surface area contributed by atoms with Crippen molar-refractivity contribution >= 4 is 0 Å². The van der Waals surface area contributed by atoms with E-state index in [-0.39, 0.29) is 0 Å². The molecule has 1 fully saturated rings. The minimum absolute atomic E-state index is 0.407.